The molecule has 1 aromatic heterocycles. The molecule has 3 heterocycles. The molecule has 3 amide bonds. The van der Waals surface area contributed by atoms with Gasteiger partial charge in [-0.2, -0.15) is 0 Å². The summed E-state index contributed by atoms with van der Waals surface area (Å²) in [4.78, 5) is 48.5. The van der Waals surface area contributed by atoms with Crippen LogP contribution in [0.15, 0.2) is 66.9 Å². The molecule has 0 saturated carbocycles. The number of aromatic nitrogens is 1. The highest BCUT2D eigenvalue weighted by Gasteiger charge is 2.35. The van der Waals surface area contributed by atoms with Gasteiger partial charge in [-0.25, -0.2) is 4.98 Å². The van der Waals surface area contributed by atoms with Crippen LogP contribution in [0, 0.1) is 5.92 Å². The molecular weight excluding hydrogens is 585 g/mol. The summed E-state index contributed by atoms with van der Waals surface area (Å²) in [6, 6.07) is 18.8. The molecule has 0 spiro atoms. The van der Waals surface area contributed by atoms with Gasteiger partial charge in [-0.1, -0.05) is 59.1 Å². The number of piperidine rings is 1. The summed E-state index contributed by atoms with van der Waals surface area (Å²) in [5, 5.41) is 4.62. The molecule has 214 valence electrons. The molecule has 3 aromatic rings. The second-order valence-electron chi connectivity index (χ2n) is 10.3. The highest BCUT2D eigenvalue weighted by molar-refractivity contribution is 6.35. The summed E-state index contributed by atoms with van der Waals surface area (Å²) in [6.45, 7) is 2.80. The lowest BCUT2D eigenvalue weighted by molar-refractivity contribution is -0.154. The van der Waals surface area contributed by atoms with E-state index in [0.29, 0.717) is 73.0 Å². The molecule has 5 rings (SSSR count). The maximum absolute atomic E-state index is 13.2. The fourth-order valence-electron chi connectivity index (χ4n) is 5.38. The molecule has 2 aromatic carbocycles. The number of hydrogen-bond donors (Lipinski definition) is 1. The lowest BCUT2D eigenvalue weighted by Crippen LogP contribution is -2.55. The first-order valence-electron chi connectivity index (χ1n) is 13.5. The van der Waals surface area contributed by atoms with Gasteiger partial charge in [0.25, 0.3) is 0 Å². The van der Waals surface area contributed by atoms with Crippen LogP contribution < -0.4 is 5.32 Å². The summed E-state index contributed by atoms with van der Waals surface area (Å²) in [5.41, 5.74) is 2.18. The van der Waals surface area contributed by atoms with Gasteiger partial charge in [-0.3, -0.25) is 19.3 Å². The topological polar surface area (TPSA) is 85.8 Å². The van der Waals surface area contributed by atoms with Crippen LogP contribution in [0.3, 0.4) is 0 Å². The predicted octanol–water partition coefficient (Wildman–Crippen LogP) is 5.15. The summed E-state index contributed by atoms with van der Waals surface area (Å²) in [5.74, 6) is -0.976. The first kappa shape index (κ1) is 29.3. The number of carbonyl (C=O) groups excluding carboxylic acids is 3. The van der Waals surface area contributed by atoms with Crippen molar-refractivity contribution in [2.75, 3.05) is 44.6 Å². The third kappa shape index (κ3) is 7.19. The largest absolute Gasteiger partial charge is 0.334 e. The van der Waals surface area contributed by atoms with Gasteiger partial charge in [0, 0.05) is 61.4 Å². The van der Waals surface area contributed by atoms with Crippen LogP contribution in [0.4, 0.5) is 5.82 Å². The Kier molecular flexibility index (Phi) is 9.45. The Hall–Kier alpha value is -3.17. The first-order valence-corrected chi connectivity index (χ1v) is 14.7. The van der Waals surface area contributed by atoms with Crippen molar-refractivity contribution in [3.8, 4) is 0 Å². The SMILES string of the molecule is O=C(Nc1ccc(Cl)cn1)C1CCN(C(=O)C(=O)N2CCN(C(c3ccc(Cl)cc3)c3ccc(Cl)cc3)CC2)CC1. The van der Waals surface area contributed by atoms with Crippen molar-refractivity contribution in [1.29, 1.82) is 0 Å². The fourth-order valence-corrected chi connectivity index (χ4v) is 5.74. The molecule has 0 atom stereocenters. The molecule has 1 N–H and O–H groups in total. The number of likely N-dealkylation sites (tertiary alicyclic amines) is 1. The predicted molar refractivity (Wildman–Crippen MR) is 160 cm³/mol. The Labute approximate surface area is 254 Å². The van der Waals surface area contributed by atoms with Gasteiger partial charge < -0.3 is 15.1 Å². The number of piperazine rings is 1. The third-order valence-electron chi connectivity index (χ3n) is 7.65. The summed E-state index contributed by atoms with van der Waals surface area (Å²) < 4.78 is 0. The Morgan fingerprint density at radius 1 is 0.683 bits per heavy atom. The van der Waals surface area contributed by atoms with Gasteiger partial charge >= 0.3 is 11.8 Å². The fraction of sp³-hybridized carbons (Fsp3) is 0.333. The molecule has 0 aliphatic carbocycles. The van der Waals surface area contributed by atoms with E-state index in [1.165, 1.54) is 6.20 Å². The van der Waals surface area contributed by atoms with Gasteiger partial charge in [0.2, 0.25) is 5.91 Å². The van der Waals surface area contributed by atoms with Crippen LogP contribution in [-0.2, 0) is 14.4 Å². The van der Waals surface area contributed by atoms with Gasteiger partial charge in [-0.05, 0) is 60.4 Å². The summed E-state index contributed by atoms with van der Waals surface area (Å²) >= 11 is 18.1. The number of carbonyl (C=O) groups is 3. The van der Waals surface area contributed by atoms with E-state index in [4.69, 9.17) is 34.8 Å². The highest BCUT2D eigenvalue weighted by Crippen LogP contribution is 2.31. The molecule has 8 nitrogen and oxygen atoms in total. The van der Waals surface area contributed by atoms with Gasteiger partial charge in [0.15, 0.2) is 0 Å². The lowest BCUT2D eigenvalue weighted by Gasteiger charge is -2.40. The van der Waals surface area contributed by atoms with Crippen molar-refractivity contribution in [3.05, 3.63) is 93.1 Å². The number of anilines is 1. The Morgan fingerprint density at radius 3 is 1.66 bits per heavy atom. The standard InChI is InChI=1S/C30H30Cl3N5O3/c31-23-5-1-20(2-6-23)27(21-3-7-24(32)8-4-21)36-15-17-38(18-16-36)30(41)29(40)37-13-11-22(12-14-37)28(39)35-26-10-9-25(33)19-34-26/h1-10,19,22,27H,11-18H2,(H,34,35,39). The average molecular weight is 615 g/mol. The molecular formula is C30H30Cl3N5O3. The lowest BCUT2D eigenvalue weighted by atomic mass is 9.95. The van der Waals surface area contributed by atoms with Crippen LogP contribution in [0.1, 0.15) is 30.0 Å². The van der Waals surface area contributed by atoms with Crippen molar-refractivity contribution >= 4 is 58.3 Å². The maximum atomic E-state index is 13.2. The smallest absolute Gasteiger partial charge is 0.312 e. The van der Waals surface area contributed by atoms with E-state index in [1.54, 1.807) is 21.9 Å². The Balaban J connectivity index is 1.15. The molecule has 0 unspecified atom stereocenters. The molecule has 2 fully saturated rings. The maximum Gasteiger partial charge on any atom is 0.312 e. The summed E-state index contributed by atoms with van der Waals surface area (Å²) in [7, 11) is 0. The van der Waals surface area contributed by atoms with E-state index < -0.39 is 11.8 Å². The third-order valence-corrected chi connectivity index (χ3v) is 8.38. The summed E-state index contributed by atoms with van der Waals surface area (Å²) in [6.07, 6.45) is 2.44. The number of benzene rings is 2. The average Bonchev–Trinajstić information content (AvgIpc) is 3.00. The number of halogens is 3. The molecule has 2 saturated heterocycles. The number of pyridine rings is 1. The van der Waals surface area contributed by atoms with Crippen LogP contribution in [-0.4, -0.2) is 76.7 Å². The van der Waals surface area contributed by atoms with Crippen LogP contribution in [0.5, 0.6) is 0 Å². The van der Waals surface area contributed by atoms with Crippen LogP contribution >= 0.6 is 34.8 Å². The number of rotatable bonds is 5. The van der Waals surface area contributed by atoms with E-state index in [1.807, 2.05) is 48.5 Å². The first-order chi connectivity index (χ1) is 19.8. The van der Waals surface area contributed by atoms with E-state index in [0.717, 1.165) is 11.1 Å². The van der Waals surface area contributed by atoms with Gasteiger partial charge in [0.1, 0.15) is 5.82 Å². The number of nitrogens with zero attached hydrogens (tertiary/aromatic N) is 4. The molecule has 11 heteroatoms. The zero-order valence-corrected chi connectivity index (χ0v) is 24.6. The van der Waals surface area contributed by atoms with Crippen molar-refractivity contribution in [2.24, 2.45) is 5.92 Å². The molecule has 2 aliphatic heterocycles. The Bertz CT molecular complexity index is 1320. The van der Waals surface area contributed by atoms with Crippen LogP contribution in [0.25, 0.3) is 0 Å². The van der Waals surface area contributed by atoms with Crippen molar-refractivity contribution in [3.63, 3.8) is 0 Å². The minimum atomic E-state index is -0.511. The minimum Gasteiger partial charge on any atom is -0.334 e. The number of amides is 3. The van der Waals surface area contributed by atoms with Crippen LogP contribution in [0.2, 0.25) is 15.1 Å². The zero-order chi connectivity index (χ0) is 28.9. The molecule has 41 heavy (non-hydrogen) atoms. The second kappa shape index (κ2) is 13.2. The molecule has 0 radical (unpaired) electrons. The normalized spacial score (nSPS) is 16.6. The number of nitrogens with one attached hydrogen (secondary N) is 1. The van der Waals surface area contributed by atoms with E-state index in [2.05, 4.69) is 15.2 Å². The van der Waals surface area contributed by atoms with Crippen molar-refractivity contribution in [1.82, 2.24) is 19.7 Å². The minimum absolute atomic E-state index is 0.0364. The van der Waals surface area contributed by atoms with Crippen molar-refractivity contribution < 1.29 is 14.4 Å². The highest BCUT2D eigenvalue weighted by atomic mass is 35.5. The zero-order valence-electron chi connectivity index (χ0n) is 22.3. The monoisotopic (exact) mass is 613 g/mol. The van der Waals surface area contributed by atoms with E-state index >= 15 is 0 Å². The second-order valence-corrected chi connectivity index (χ2v) is 11.6. The van der Waals surface area contributed by atoms with Crippen molar-refractivity contribution in [2.45, 2.75) is 18.9 Å². The number of hydrogen-bond acceptors (Lipinski definition) is 5. The van der Waals surface area contributed by atoms with Gasteiger partial charge in [-0.15, -0.1) is 0 Å². The quantitative estimate of drug-likeness (QED) is 0.402. The van der Waals surface area contributed by atoms with E-state index in [-0.39, 0.29) is 17.9 Å². The van der Waals surface area contributed by atoms with Gasteiger partial charge in [0.05, 0.1) is 11.1 Å². The molecule has 2 aliphatic rings. The Morgan fingerprint density at radius 2 is 1.17 bits per heavy atom. The van der Waals surface area contributed by atoms with E-state index in [9.17, 15) is 14.4 Å². The molecule has 0 bridgehead atoms.